The predicted octanol–water partition coefficient (Wildman–Crippen LogP) is 29.0. The largest absolute Gasteiger partial charge is 0.308 e. The third kappa shape index (κ3) is 12.3. The Bertz CT molecular complexity index is 7510. The normalized spacial score (nSPS) is 11.7. The highest BCUT2D eigenvalue weighted by Gasteiger charge is 2.27. The minimum atomic E-state index is 0.638. The Balaban J connectivity index is 0.000000140. The lowest BCUT2D eigenvalue weighted by Gasteiger charge is -2.12. The molecule has 16 aromatic carbocycles. The molecule has 24 aromatic rings. The van der Waals surface area contributed by atoms with Crippen molar-refractivity contribution in [1.29, 1.82) is 0 Å². The van der Waals surface area contributed by atoms with E-state index in [4.69, 9.17) is 34.9 Å². The smallest absolute Gasteiger partial charge is 0.164 e. The fourth-order valence-corrected chi connectivity index (χ4v) is 19.9. The summed E-state index contributed by atoms with van der Waals surface area (Å²) in [6.45, 7) is 0. The number of rotatable bonds is 12. The van der Waals surface area contributed by atoms with Crippen molar-refractivity contribution < 1.29 is 0 Å². The highest BCUT2D eigenvalue weighted by Crippen LogP contribution is 2.51. The average Bonchev–Trinajstić information content (AvgIpc) is 1.53. The molecule has 11 heteroatoms. The van der Waals surface area contributed by atoms with E-state index in [1.165, 1.54) is 94.7 Å². The van der Waals surface area contributed by atoms with Gasteiger partial charge in [-0.3, -0.25) is 0 Å². The van der Waals surface area contributed by atoms with Crippen LogP contribution in [0, 0.1) is 0 Å². The zero-order valence-corrected chi connectivity index (χ0v) is 66.2. The molecule has 9 nitrogen and oxygen atoms in total. The third-order valence-corrected chi connectivity index (χ3v) is 25.5. The number of nitrogens with zero attached hydrogens (tertiary/aromatic N) is 9. The molecular weight excluding hydrogens is 1500 g/mol. The molecule has 0 unspecified atom stereocenters. The van der Waals surface area contributed by atoms with E-state index in [1.54, 1.807) is 0 Å². The Labute approximate surface area is 698 Å². The molecule has 0 aliphatic carbocycles. The van der Waals surface area contributed by atoms with Gasteiger partial charge in [0.05, 0.1) is 65.3 Å². The predicted molar refractivity (Wildman–Crippen MR) is 501 cm³/mol. The number of para-hydroxylation sites is 4. The van der Waals surface area contributed by atoms with E-state index in [0.717, 1.165) is 112 Å². The van der Waals surface area contributed by atoms with Gasteiger partial charge in [-0.15, -0.1) is 22.7 Å². The summed E-state index contributed by atoms with van der Waals surface area (Å²) in [5.41, 5.74) is 25.4. The Morgan fingerprint density at radius 2 is 0.483 bits per heavy atom. The molecule has 0 saturated heterocycles. The standard InChI is InChI=1S/C55H34N4S.C54H33N5S/c1-3-14-38(15-4-1)47-34-48(58-55(57-47)41-16-5-2-6-17-41)39-27-23-36(24-28-39)37-25-29-40(30-26-37)51-50-52-54(60-53(50)44-19-9-11-21-46(44)56-51)45-20-10-12-22-49(45)59(52)43-32-31-35-13-7-8-18-42(35)33-43;1-3-14-38(15-4-1)52-56-53(39-16-5-2-6-17-39)58-54(57-52)40-29-25-36(26-30-40)35-23-27-37(28-24-35)48-47-49-51(60-50(47)43-19-9-11-21-45(43)55-48)44-20-10-12-22-46(44)59(49)42-32-31-34-13-7-8-18-41(34)33-42/h1-34H;1-33H. The Morgan fingerprint density at radius 3 is 0.883 bits per heavy atom. The van der Waals surface area contributed by atoms with Gasteiger partial charge in [-0.1, -0.05) is 352 Å². The summed E-state index contributed by atoms with van der Waals surface area (Å²) in [7, 11) is 0. The monoisotopic (exact) mass is 1570 g/mol. The lowest BCUT2D eigenvalue weighted by molar-refractivity contribution is 1.07. The second-order valence-corrected chi connectivity index (χ2v) is 32.3. The van der Waals surface area contributed by atoms with Crippen LogP contribution in [-0.4, -0.2) is 44.0 Å². The average molecular weight is 1570 g/mol. The number of hydrogen-bond acceptors (Lipinski definition) is 9. The summed E-state index contributed by atoms with van der Waals surface area (Å²) in [5.74, 6) is 2.65. The molecule has 0 amide bonds. The second kappa shape index (κ2) is 29.3. The van der Waals surface area contributed by atoms with E-state index in [0.29, 0.717) is 23.3 Å². The molecular formula is C109H67N9S2. The fourth-order valence-electron chi connectivity index (χ4n) is 17.2. The minimum Gasteiger partial charge on any atom is -0.308 e. The van der Waals surface area contributed by atoms with Crippen molar-refractivity contribution in [2.24, 2.45) is 0 Å². The maximum atomic E-state index is 5.44. The molecule has 0 fully saturated rings. The van der Waals surface area contributed by atoms with Gasteiger partial charge in [0, 0.05) is 97.6 Å². The molecule has 0 atom stereocenters. The highest BCUT2D eigenvalue weighted by molar-refractivity contribution is 7.28. The SMILES string of the molecule is c1ccc(-c2cc(-c3ccc(-c4ccc(-c5nc6ccccc6c6sc7c8ccccc8n(-c8ccc9ccccc9c8)c7c56)cc4)cc3)nc(-c3ccccc3)n2)cc1.c1ccc(-c2nc(-c3ccccc3)nc(-c3ccc(-c4ccc(-c5nc6ccccc6c6sc7c8ccccc8n(-c8ccc9ccccc9c8)c7c56)cc4)cc3)n2)cc1. The van der Waals surface area contributed by atoms with Crippen molar-refractivity contribution in [3.63, 3.8) is 0 Å². The van der Waals surface area contributed by atoms with Crippen LogP contribution in [0.15, 0.2) is 406 Å². The first-order valence-electron chi connectivity index (χ1n) is 40.2. The number of aromatic nitrogens is 9. The van der Waals surface area contributed by atoms with Crippen molar-refractivity contribution in [2.75, 3.05) is 0 Å². The zero-order chi connectivity index (χ0) is 79.1. The van der Waals surface area contributed by atoms with Gasteiger partial charge < -0.3 is 9.13 Å². The molecule has 0 aliphatic rings. The number of fused-ring (bicyclic) bond motifs is 16. The molecule has 0 N–H and O–H groups in total. The first-order valence-corrected chi connectivity index (χ1v) is 41.9. The molecule has 0 aliphatic heterocycles. The first-order chi connectivity index (χ1) is 59.5. The fraction of sp³-hybridized carbons (Fsp3) is 0. The highest BCUT2D eigenvalue weighted by atomic mass is 32.1. The third-order valence-electron chi connectivity index (χ3n) is 23.0. The van der Waals surface area contributed by atoms with Gasteiger partial charge in [0.25, 0.3) is 0 Å². The summed E-state index contributed by atoms with van der Waals surface area (Å²) in [6, 6.07) is 143. The van der Waals surface area contributed by atoms with Gasteiger partial charge in [-0.05, 0) is 98.4 Å². The zero-order valence-electron chi connectivity index (χ0n) is 64.5. The number of benzene rings is 16. The van der Waals surface area contributed by atoms with Crippen molar-refractivity contribution in [2.45, 2.75) is 0 Å². The van der Waals surface area contributed by atoms with Crippen LogP contribution in [0.2, 0.25) is 0 Å². The Hall–Kier alpha value is -15.5. The van der Waals surface area contributed by atoms with Crippen LogP contribution in [0.3, 0.4) is 0 Å². The molecule has 0 saturated carbocycles. The topological polar surface area (TPSA) is 100 Å². The number of thiophene rings is 2. The first kappa shape index (κ1) is 69.9. The number of pyridine rings is 2. The maximum Gasteiger partial charge on any atom is 0.164 e. The summed E-state index contributed by atoms with van der Waals surface area (Å²) in [6.07, 6.45) is 0. The van der Waals surface area contributed by atoms with Gasteiger partial charge in [0.2, 0.25) is 0 Å². The van der Waals surface area contributed by atoms with Crippen LogP contribution < -0.4 is 0 Å². The molecule has 120 heavy (non-hydrogen) atoms. The lowest BCUT2D eigenvalue weighted by Crippen LogP contribution is -2.00. The van der Waals surface area contributed by atoms with Gasteiger partial charge in [0.15, 0.2) is 23.3 Å². The van der Waals surface area contributed by atoms with Crippen molar-refractivity contribution in [1.82, 2.24) is 44.0 Å². The van der Waals surface area contributed by atoms with Crippen LogP contribution in [0.4, 0.5) is 0 Å². The summed E-state index contributed by atoms with van der Waals surface area (Å²) in [4.78, 5) is 35.6. The summed E-state index contributed by atoms with van der Waals surface area (Å²) >= 11 is 3.75. The van der Waals surface area contributed by atoms with Crippen molar-refractivity contribution in [3.05, 3.63) is 406 Å². The second-order valence-electron chi connectivity index (χ2n) is 30.2. The van der Waals surface area contributed by atoms with Crippen LogP contribution in [-0.2, 0) is 0 Å². The van der Waals surface area contributed by atoms with Crippen molar-refractivity contribution >= 4 is 128 Å². The molecule has 8 aromatic heterocycles. The summed E-state index contributed by atoms with van der Waals surface area (Å²) < 4.78 is 9.97. The van der Waals surface area contributed by atoms with E-state index in [9.17, 15) is 0 Å². The Kier molecular flexibility index (Phi) is 17.1. The van der Waals surface area contributed by atoms with E-state index >= 15 is 0 Å². The quantitative estimate of drug-likeness (QED) is 0.120. The van der Waals surface area contributed by atoms with Crippen LogP contribution in [0.5, 0.6) is 0 Å². The van der Waals surface area contributed by atoms with E-state index in [-0.39, 0.29) is 0 Å². The molecule has 0 spiro atoms. The van der Waals surface area contributed by atoms with E-state index in [2.05, 4.69) is 319 Å². The molecule has 24 rings (SSSR count). The molecule has 560 valence electrons. The van der Waals surface area contributed by atoms with Gasteiger partial charge >= 0.3 is 0 Å². The molecule has 0 radical (unpaired) electrons. The van der Waals surface area contributed by atoms with Crippen molar-refractivity contribution in [3.8, 4) is 124 Å². The van der Waals surface area contributed by atoms with Crippen LogP contribution in [0.25, 0.3) is 230 Å². The summed E-state index contributed by atoms with van der Waals surface area (Å²) in [5, 5.41) is 12.1. The lowest BCUT2D eigenvalue weighted by atomic mass is 9.99. The van der Waals surface area contributed by atoms with Crippen LogP contribution in [0.1, 0.15) is 0 Å². The van der Waals surface area contributed by atoms with E-state index < -0.39 is 0 Å². The number of hydrogen-bond donors (Lipinski definition) is 0. The molecule has 8 heterocycles. The maximum absolute atomic E-state index is 5.44. The Morgan fingerprint density at radius 1 is 0.192 bits per heavy atom. The van der Waals surface area contributed by atoms with E-state index in [1.807, 2.05) is 120 Å². The van der Waals surface area contributed by atoms with Gasteiger partial charge in [-0.25, -0.2) is 34.9 Å². The van der Waals surface area contributed by atoms with Crippen LogP contribution >= 0.6 is 22.7 Å². The molecule has 0 bridgehead atoms. The van der Waals surface area contributed by atoms with Gasteiger partial charge in [0.1, 0.15) is 0 Å². The van der Waals surface area contributed by atoms with Gasteiger partial charge in [-0.2, -0.15) is 0 Å². The minimum absolute atomic E-state index is 0.638.